The number of nitrogens with zero attached hydrogens (tertiary/aromatic N) is 3. The van der Waals surface area contributed by atoms with E-state index in [0.29, 0.717) is 18.2 Å². The number of hydrogen-bond donors (Lipinski definition) is 1. The molecule has 0 spiro atoms. The van der Waals surface area contributed by atoms with E-state index in [1.54, 1.807) is 6.20 Å². The van der Waals surface area contributed by atoms with Gasteiger partial charge in [-0.1, -0.05) is 25.4 Å². The Morgan fingerprint density at radius 1 is 1.33 bits per heavy atom. The van der Waals surface area contributed by atoms with Crippen LogP contribution in [0.25, 0.3) is 11.0 Å². The molecule has 0 radical (unpaired) electrons. The monoisotopic (exact) mass is 444 g/mol. The number of hydroxylamine groups is 2. The van der Waals surface area contributed by atoms with Gasteiger partial charge in [0.2, 0.25) is 6.41 Å². The van der Waals surface area contributed by atoms with Crippen molar-refractivity contribution in [2.45, 2.75) is 65.1 Å². The standard InChI is InChI=1S/C9H16O3.C6H4ClN3.C3H7NO2.C2H6/c1-6-9(4)7(5-10-6)11-8(2,3)12-9;7-5-4-1-2-8-6(4)10-3-9-5;1-4(3-5)6-2;1-2/h6-7H,5H2,1-4H3;1-3H,(H,8,9,10);3H,1-2H3;1-2H3/t6-,7?,9-;;;/m1.../s1. The van der Waals surface area contributed by atoms with Gasteiger partial charge in [0.05, 0.1) is 25.2 Å². The maximum atomic E-state index is 9.54. The van der Waals surface area contributed by atoms with Gasteiger partial charge in [0.1, 0.15) is 28.8 Å². The summed E-state index contributed by atoms with van der Waals surface area (Å²) in [4.78, 5) is 24.6. The average Bonchev–Trinajstić information content (AvgIpc) is 3.37. The van der Waals surface area contributed by atoms with Gasteiger partial charge in [-0.05, 0) is 33.8 Å². The minimum atomic E-state index is -0.447. The smallest absolute Gasteiger partial charge is 0.233 e. The van der Waals surface area contributed by atoms with Crippen LogP contribution in [0.1, 0.15) is 41.5 Å². The molecule has 30 heavy (non-hydrogen) atoms. The molecule has 2 saturated heterocycles. The van der Waals surface area contributed by atoms with E-state index < -0.39 is 5.79 Å². The minimum Gasteiger partial charge on any atom is -0.373 e. The van der Waals surface area contributed by atoms with Gasteiger partial charge in [0.15, 0.2) is 5.79 Å². The van der Waals surface area contributed by atoms with Crippen molar-refractivity contribution in [2.24, 2.45) is 0 Å². The molecule has 0 aliphatic carbocycles. The molecule has 3 atom stereocenters. The Labute approximate surface area is 183 Å². The van der Waals surface area contributed by atoms with Crippen LogP contribution >= 0.6 is 11.6 Å². The molecule has 4 heterocycles. The van der Waals surface area contributed by atoms with Crippen LogP contribution in [0.2, 0.25) is 5.15 Å². The molecule has 2 aromatic rings. The van der Waals surface area contributed by atoms with E-state index in [0.717, 1.165) is 16.1 Å². The molecule has 2 fully saturated rings. The molecule has 2 aliphatic rings. The number of carbonyl (C=O) groups excluding carboxylic acids is 1. The molecule has 9 nitrogen and oxygen atoms in total. The Hall–Kier alpha value is -1.78. The van der Waals surface area contributed by atoms with Crippen molar-refractivity contribution in [1.82, 2.24) is 20.0 Å². The van der Waals surface area contributed by atoms with E-state index in [1.165, 1.54) is 20.5 Å². The van der Waals surface area contributed by atoms with E-state index in [1.807, 2.05) is 40.7 Å². The van der Waals surface area contributed by atoms with Gasteiger partial charge in [-0.15, -0.1) is 0 Å². The summed E-state index contributed by atoms with van der Waals surface area (Å²) >= 11 is 5.73. The van der Waals surface area contributed by atoms with E-state index in [-0.39, 0.29) is 17.8 Å². The van der Waals surface area contributed by atoms with E-state index in [4.69, 9.17) is 25.8 Å². The topological polar surface area (TPSA) is 98.8 Å². The molecule has 1 unspecified atom stereocenters. The first-order valence-electron chi connectivity index (χ1n) is 9.78. The maximum Gasteiger partial charge on any atom is 0.233 e. The first-order chi connectivity index (χ1) is 14.1. The van der Waals surface area contributed by atoms with Crippen molar-refractivity contribution in [3.63, 3.8) is 0 Å². The van der Waals surface area contributed by atoms with Gasteiger partial charge in [-0.2, -0.15) is 0 Å². The number of nitrogens with one attached hydrogen (secondary N) is 1. The number of carbonyl (C=O) groups is 1. The number of amides is 1. The lowest BCUT2D eigenvalue weighted by Gasteiger charge is -2.27. The summed E-state index contributed by atoms with van der Waals surface area (Å²) in [6.45, 7) is 12.6. The van der Waals surface area contributed by atoms with Crippen LogP contribution in [0, 0.1) is 0 Å². The van der Waals surface area contributed by atoms with Crippen LogP contribution < -0.4 is 0 Å². The van der Waals surface area contributed by atoms with E-state index in [9.17, 15) is 4.79 Å². The Morgan fingerprint density at radius 3 is 2.50 bits per heavy atom. The molecule has 1 N–H and O–H groups in total. The van der Waals surface area contributed by atoms with Gasteiger partial charge in [-0.25, -0.2) is 15.0 Å². The molecule has 0 aromatic carbocycles. The van der Waals surface area contributed by atoms with Gasteiger partial charge in [0.25, 0.3) is 0 Å². The normalized spacial score (nSPS) is 25.6. The zero-order valence-electron chi connectivity index (χ0n) is 18.9. The molecule has 170 valence electrons. The third kappa shape index (κ3) is 6.61. The van der Waals surface area contributed by atoms with Crippen molar-refractivity contribution in [2.75, 3.05) is 20.8 Å². The van der Waals surface area contributed by atoms with Crippen LogP contribution in [-0.4, -0.2) is 70.8 Å². The Morgan fingerprint density at radius 2 is 2.00 bits per heavy atom. The fourth-order valence-electron chi connectivity index (χ4n) is 2.90. The number of fused-ring (bicyclic) bond motifs is 2. The maximum absolute atomic E-state index is 9.54. The van der Waals surface area contributed by atoms with Crippen molar-refractivity contribution in [1.29, 1.82) is 0 Å². The lowest BCUT2D eigenvalue weighted by Crippen LogP contribution is -2.41. The Bertz CT molecular complexity index is 787. The molecule has 10 heteroatoms. The quantitative estimate of drug-likeness (QED) is 0.429. The molecule has 2 aliphatic heterocycles. The first kappa shape index (κ1) is 26.3. The van der Waals surface area contributed by atoms with Crippen LogP contribution in [0.15, 0.2) is 18.6 Å². The second-order valence-electron chi connectivity index (χ2n) is 7.01. The van der Waals surface area contributed by atoms with E-state index in [2.05, 4.69) is 26.7 Å². The van der Waals surface area contributed by atoms with Crippen LogP contribution in [0.4, 0.5) is 0 Å². The Balaban J connectivity index is 0.000000227. The van der Waals surface area contributed by atoms with Crippen molar-refractivity contribution in [3.8, 4) is 0 Å². The first-order valence-corrected chi connectivity index (χ1v) is 10.2. The van der Waals surface area contributed by atoms with Crippen LogP contribution in [0.3, 0.4) is 0 Å². The third-order valence-electron chi connectivity index (χ3n) is 4.58. The van der Waals surface area contributed by atoms with Gasteiger partial charge >= 0.3 is 0 Å². The van der Waals surface area contributed by atoms with Crippen molar-refractivity contribution >= 4 is 29.0 Å². The molecule has 0 saturated carbocycles. The predicted molar refractivity (Wildman–Crippen MR) is 115 cm³/mol. The predicted octanol–water partition coefficient (Wildman–Crippen LogP) is 3.59. The molecular formula is C20H33ClN4O5. The summed E-state index contributed by atoms with van der Waals surface area (Å²) in [7, 11) is 2.95. The van der Waals surface area contributed by atoms with Crippen LogP contribution in [0.5, 0.6) is 0 Å². The molecule has 0 bridgehead atoms. The summed E-state index contributed by atoms with van der Waals surface area (Å²) in [6.07, 6.45) is 4.03. The molecule has 2 aromatic heterocycles. The zero-order valence-corrected chi connectivity index (χ0v) is 19.7. The zero-order chi connectivity index (χ0) is 22.9. The van der Waals surface area contributed by atoms with Gasteiger partial charge in [-0.3, -0.25) is 9.63 Å². The number of H-pyrrole nitrogens is 1. The fourth-order valence-corrected chi connectivity index (χ4v) is 3.10. The lowest BCUT2D eigenvalue weighted by molar-refractivity contribution is -0.191. The highest BCUT2D eigenvalue weighted by atomic mass is 35.5. The highest BCUT2D eigenvalue weighted by Gasteiger charge is 2.57. The number of halogens is 1. The fraction of sp³-hybridized carbons (Fsp3) is 0.650. The number of aromatic amines is 1. The summed E-state index contributed by atoms with van der Waals surface area (Å²) in [6, 6.07) is 1.84. The number of hydrogen-bond acceptors (Lipinski definition) is 7. The SMILES string of the molecule is CC.CON(C)C=O.C[C@H]1OCC2OC(C)(C)O[C@@]21C.Clc1ncnc2[nH]ccc12. The minimum absolute atomic E-state index is 0.0995. The third-order valence-corrected chi connectivity index (χ3v) is 4.88. The Kier molecular flexibility index (Phi) is 10.1. The summed E-state index contributed by atoms with van der Waals surface area (Å²) < 4.78 is 17.0. The molecule has 4 rings (SSSR count). The van der Waals surface area contributed by atoms with Crippen molar-refractivity contribution < 1.29 is 23.8 Å². The number of ether oxygens (including phenoxy) is 3. The average molecular weight is 445 g/mol. The highest BCUT2D eigenvalue weighted by Crippen LogP contribution is 2.43. The molecule has 1 amide bonds. The number of aromatic nitrogens is 3. The van der Waals surface area contributed by atoms with Gasteiger partial charge in [0, 0.05) is 13.2 Å². The van der Waals surface area contributed by atoms with Gasteiger partial charge < -0.3 is 19.2 Å². The second-order valence-corrected chi connectivity index (χ2v) is 7.36. The summed E-state index contributed by atoms with van der Waals surface area (Å²) in [5.74, 6) is -0.447. The lowest BCUT2D eigenvalue weighted by atomic mass is 9.97. The number of rotatable bonds is 2. The van der Waals surface area contributed by atoms with Crippen LogP contribution in [-0.2, 0) is 23.8 Å². The van der Waals surface area contributed by atoms with E-state index >= 15 is 0 Å². The molecular weight excluding hydrogens is 412 g/mol. The summed E-state index contributed by atoms with van der Waals surface area (Å²) in [5, 5.41) is 2.43. The van der Waals surface area contributed by atoms with Crippen molar-refractivity contribution in [3.05, 3.63) is 23.7 Å². The highest BCUT2D eigenvalue weighted by molar-refractivity contribution is 6.33. The second kappa shape index (κ2) is 11.6. The summed E-state index contributed by atoms with van der Waals surface area (Å²) in [5.41, 5.74) is 0.531. The largest absolute Gasteiger partial charge is 0.373 e.